The van der Waals surface area contributed by atoms with Crippen LogP contribution >= 0.6 is 11.8 Å². The molecule has 2 N–H and O–H groups in total. The molecule has 0 fully saturated rings. The predicted molar refractivity (Wildman–Crippen MR) is 77.2 cm³/mol. The highest BCUT2D eigenvalue weighted by molar-refractivity contribution is 7.98. The summed E-state index contributed by atoms with van der Waals surface area (Å²) in [6.45, 7) is 2.50. The number of rotatable bonds is 5. The van der Waals surface area contributed by atoms with E-state index in [-0.39, 0.29) is 0 Å². The molecule has 0 amide bonds. The van der Waals surface area contributed by atoms with Crippen LogP contribution in [0, 0.1) is 6.92 Å². The van der Waals surface area contributed by atoms with Crippen molar-refractivity contribution in [2.75, 3.05) is 7.11 Å². The first-order chi connectivity index (χ1) is 9.22. The molecule has 19 heavy (non-hydrogen) atoms. The minimum absolute atomic E-state index is 0.530. The third kappa shape index (κ3) is 3.68. The van der Waals surface area contributed by atoms with E-state index < -0.39 is 0 Å². The summed E-state index contributed by atoms with van der Waals surface area (Å²) in [6, 6.07) is 6.00. The Labute approximate surface area is 117 Å². The largest absolute Gasteiger partial charge is 0.496 e. The minimum atomic E-state index is 0.530. The van der Waals surface area contributed by atoms with E-state index in [2.05, 4.69) is 16.0 Å². The van der Waals surface area contributed by atoms with E-state index >= 15 is 0 Å². The molecule has 100 valence electrons. The number of hydrogen-bond donors (Lipinski definition) is 1. The van der Waals surface area contributed by atoms with Crippen molar-refractivity contribution < 1.29 is 4.74 Å². The van der Waals surface area contributed by atoms with Gasteiger partial charge >= 0.3 is 0 Å². The molecule has 0 aliphatic rings. The van der Waals surface area contributed by atoms with Crippen LogP contribution in [0.5, 0.6) is 5.75 Å². The average molecular weight is 275 g/mol. The molecular weight excluding hydrogens is 258 g/mol. The van der Waals surface area contributed by atoms with Gasteiger partial charge in [-0.1, -0.05) is 17.8 Å². The molecule has 1 aromatic carbocycles. The number of nitrogens with two attached hydrogens (primary N) is 1. The van der Waals surface area contributed by atoms with Gasteiger partial charge in [0.05, 0.1) is 7.11 Å². The highest BCUT2D eigenvalue weighted by Crippen LogP contribution is 2.27. The van der Waals surface area contributed by atoms with Crippen molar-refractivity contribution in [1.29, 1.82) is 0 Å². The minimum Gasteiger partial charge on any atom is -0.496 e. The van der Waals surface area contributed by atoms with Crippen molar-refractivity contribution >= 4 is 11.8 Å². The molecule has 4 nitrogen and oxygen atoms in total. The Balaban J connectivity index is 2.11. The molecule has 0 bridgehead atoms. The third-order valence-corrected chi connectivity index (χ3v) is 3.62. The van der Waals surface area contributed by atoms with Gasteiger partial charge in [-0.3, -0.25) is 0 Å². The first-order valence-electron chi connectivity index (χ1n) is 6.00. The van der Waals surface area contributed by atoms with Gasteiger partial charge in [0.15, 0.2) is 5.16 Å². The van der Waals surface area contributed by atoms with Crippen molar-refractivity contribution in [3.8, 4) is 5.75 Å². The van der Waals surface area contributed by atoms with Crippen molar-refractivity contribution in [3.63, 3.8) is 0 Å². The number of benzene rings is 1. The second kappa shape index (κ2) is 6.54. The van der Waals surface area contributed by atoms with Gasteiger partial charge in [0.2, 0.25) is 0 Å². The van der Waals surface area contributed by atoms with E-state index in [1.165, 1.54) is 0 Å². The van der Waals surface area contributed by atoms with Gasteiger partial charge in [0.1, 0.15) is 5.75 Å². The molecule has 5 heteroatoms. The van der Waals surface area contributed by atoms with Crippen molar-refractivity contribution in [1.82, 2.24) is 9.97 Å². The van der Waals surface area contributed by atoms with E-state index in [0.29, 0.717) is 6.54 Å². The molecular formula is C14H17N3OS. The summed E-state index contributed by atoms with van der Waals surface area (Å²) in [4.78, 5) is 8.56. The SMILES string of the molecule is COc1ccc(CN)cc1CSc1ncc(C)cn1. The smallest absolute Gasteiger partial charge is 0.187 e. The first kappa shape index (κ1) is 13.8. The molecule has 0 spiro atoms. The standard InChI is InChI=1S/C14H17N3OS/c1-10-7-16-14(17-8-10)19-9-12-5-11(6-15)3-4-13(12)18-2/h3-5,7-8H,6,9,15H2,1-2H3. The van der Waals surface area contributed by atoms with Crippen LogP contribution in [0.4, 0.5) is 0 Å². The van der Waals surface area contributed by atoms with E-state index in [4.69, 9.17) is 10.5 Å². The van der Waals surface area contributed by atoms with Gasteiger partial charge in [-0.15, -0.1) is 0 Å². The Kier molecular flexibility index (Phi) is 4.76. The third-order valence-electron chi connectivity index (χ3n) is 2.69. The topological polar surface area (TPSA) is 61.0 Å². The Morgan fingerprint density at radius 3 is 2.63 bits per heavy atom. The van der Waals surface area contributed by atoms with Crippen LogP contribution in [0.25, 0.3) is 0 Å². The number of methoxy groups -OCH3 is 1. The van der Waals surface area contributed by atoms with Crippen molar-refractivity contribution in [2.24, 2.45) is 5.73 Å². The lowest BCUT2D eigenvalue weighted by molar-refractivity contribution is 0.411. The number of nitrogens with zero attached hydrogens (tertiary/aromatic N) is 2. The molecule has 0 aliphatic heterocycles. The summed E-state index contributed by atoms with van der Waals surface area (Å²) in [7, 11) is 1.67. The summed E-state index contributed by atoms with van der Waals surface area (Å²) in [5.41, 5.74) is 8.93. The fraction of sp³-hybridized carbons (Fsp3) is 0.286. The molecule has 0 unspecified atom stereocenters. The van der Waals surface area contributed by atoms with Crippen LogP contribution in [0.3, 0.4) is 0 Å². The average Bonchev–Trinajstić information content (AvgIpc) is 2.46. The quantitative estimate of drug-likeness (QED) is 0.671. The zero-order valence-corrected chi connectivity index (χ0v) is 11.9. The fourth-order valence-electron chi connectivity index (χ4n) is 1.67. The maximum atomic E-state index is 5.66. The number of ether oxygens (including phenoxy) is 1. The highest BCUT2D eigenvalue weighted by atomic mass is 32.2. The van der Waals surface area contributed by atoms with E-state index in [9.17, 15) is 0 Å². The maximum Gasteiger partial charge on any atom is 0.187 e. The Morgan fingerprint density at radius 1 is 1.26 bits per heavy atom. The summed E-state index contributed by atoms with van der Waals surface area (Å²) < 4.78 is 5.36. The lowest BCUT2D eigenvalue weighted by Crippen LogP contribution is -1.99. The molecule has 1 heterocycles. The van der Waals surface area contributed by atoms with Gasteiger partial charge in [-0.2, -0.15) is 0 Å². The van der Waals surface area contributed by atoms with Gasteiger partial charge in [-0.25, -0.2) is 9.97 Å². The van der Waals surface area contributed by atoms with Crippen molar-refractivity contribution in [3.05, 3.63) is 47.3 Å². The lowest BCUT2D eigenvalue weighted by atomic mass is 10.1. The molecule has 2 aromatic rings. The van der Waals surface area contributed by atoms with Crippen LogP contribution in [-0.4, -0.2) is 17.1 Å². The van der Waals surface area contributed by atoms with Gasteiger partial charge in [0.25, 0.3) is 0 Å². The van der Waals surface area contributed by atoms with Crippen LogP contribution in [0.15, 0.2) is 35.7 Å². The zero-order valence-electron chi connectivity index (χ0n) is 11.1. The highest BCUT2D eigenvalue weighted by Gasteiger charge is 2.06. The molecule has 1 aromatic heterocycles. The van der Waals surface area contributed by atoms with E-state index in [0.717, 1.165) is 33.3 Å². The molecule has 0 aliphatic carbocycles. The summed E-state index contributed by atoms with van der Waals surface area (Å²) in [5.74, 6) is 1.64. The maximum absolute atomic E-state index is 5.66. The molecule has 0 saturated carbocycles. The monoisotopic (exact) mass is 275 g/mol. The van der Waals surface area contributed by atoms with Crippen LogP contribution < -0.4 is 10.5 Å². The van der Waals surface area contributed by atoms with Crippen LogP contribution in [0.2, 0.25) is 0 Å². The fourth-order valence-corrected chi connectivity index (χ4v) is 2.43. The number of hydrogen-bond acceptors (Lipinski definition) is 5. The summed E-state index contributed by atoms with van der Waals surface area (Å²) >= 11 is 1.59. The van der Waals surface area contributed by atoms with Crippen LogP contribution in [0.1, 0.15) is 16.7 Å². The zero-order chi connectivity index (χ0) is 13.7. The molecule has 0 radical (unpaired) electrons. The predicted octanol–water partition coefficient (Wildman–Crippen LogP) is 2.54. The van der Waals surface area contributed by atoms with Crippen molar-refractivity contribution in [2.45, 2.75) is 24.4 Å². The second-order valence-electron chi connectivity index (χ2n) is 4.18. The Morgan fingerprint density at radius 2 is 2.00 bits per heavy atom. The summed E-state index contributed by atoms with van der Waals surface area (Å²) in [6.07, 6.45) is 3.64. The van der Waals surface area contributed by atoms with Crippen LogP contribution in [-0.2, 0) is 12.3 Å². The van der Waals surface area contributed by atoms with Gasteiger partial charge in [0, 0.05) is 30.3 Å². The second-order valence-corrected chi connectivity index (χ2v) is 5.12. The summed E-state index contributed by atoms with van der Waals surface area (Å²) in [5, 5.41) is 0.769. The number of aryl methyl sites for hydroxylation is 1. The molecule has 0 atom stereocenters. The first-order valence-corrected chi connectivity index (χ1v) is 6.99. The number of thioether (sulfide) groups is 1. The Bertz CT molecular complexity index is 543. The van der Waals surface area contributed by atoms with Gasteiger partial charge < -0.3 is 10.5 Å². The molecule has 2 rings (SSSR count). The van der Waals surface area contributed by atoms with E-state index in [1.807, 2.05) is 31.5 Å². The number of aromatic nitrogens is 2. The molecule has 0 saturated heterocycles. The lowest BCUT2D eigenvalue weighted by Gasteiger charge is -2.09. The van der Waals surface area contributed by atoms with Gasteiger partial charge in [-0.05, 0) is 30.2 Å². The van der Waals surface area contributed by atoms with E-state index in [1.54, 1.807) is 18.9 Å². The Hall–Kier alpha value is -1.59. The normalized spacial score (nSPS) is 10.5.